The molecule has 1 N–H and O–H groups in total. The Labute approximate surface area is 179 Å². The third-order valence-corrected chi connectivity index (χ3v) is 7.48. The summed E-state index contributed by atoms with van der Waals surface area (Å²) in [5.74, 6) is 0.689. The smallest absolute Gasteiger partial charge is 0.243 e. The first-order valence-corrected chi connectivity index (χ1v) is 11.8. The van der Waals surface area contributed by atoms with Crippen molar-refractivity contribution < 1.29 is 17.9 Å². The van der Waals surface area contributed by atoms with Crippen LogP contribution in [0.5, 0.6) is 5.75 Å². The molecule has 2 aromatic rings. The van der Waals surface area contributed by atoms with E-state index in [1.54, 1.807) is 31.4 Å². The molecule has 1 amide bonds. The van der Waals surface area contributed by atoms with Gasteiger partial charge in [0, 0.05) is 25.6 Å². The first kappa shape index (κ1) is 22.3. The highest BCUT2D eigenvalue weighted by molar-refractivity contribution is 7.89. The molecule has 1 unspecified atom stereocenters. The number of hydrogen-bond donors (Lipinski definition) is 1. The average Bonchev–Trinajstić information content (AvgIpc) is 2.75. The maximum atomic E-state index is 13.1. The minimum absolute atomic E-state index is 0.112. The lowest BCUT2D eigenvalue weighted by molar-refractivity contribution is -0.122. The summed E-state index contributed by atoms with van der Waals surface area (Å²) >= 11 is 0. The van der Waals surface area contributed by atoms with E-state index in [0.717, 1.165) is 29.7 Å². The molecule has 0 bridgehead atoms. The highest BCUT2D eigenvalue weighted by Crippen LogP contribution is 2.27. The van der Waals surface area contributed by atoms with Crippen molar-refractivity contribution in [3.05, 3.63) is 59.7 Å². The summed E-state index contributed by atoms with van der Waals surface area (Å²) in [6, 6.07) is 14.3. The zero-order chi connectivity index (χ0) is 21.6. The van der Waals surface area contributed by atoms with Crippen LogP contribution >= 0.6 is 0 Å². The van der Waals surface area contributed by atoms with Crippen molar-refractivity contribution in [3.63, 3.8) is 0 Å². The van der Waals surface area contributed by atoms with E-state index >= 15 is 0 Å². The fraction of sp³-hybridized carbons (Fsp3) is 0.435. The molecule has 1 aliphatic heterocycles. The van der Waals surface area contributed by atoms with Crippen LogP contribution in [-0.2, 0) is 21.2 Å². The normalized spacial score (nSPS) is 17.5. The molecule has 3 rings (SSSR count). The van der Waals surface area contributed by atoms with Crippen LogP contribution in [-0.4, -0.2) is 44.9 Å². The number of nitrogens with zero attached hydrogens (tertiary/aromatic N) is 1. The average molecular weight is 431 g/mol. The Morgan fingerprint density at radius 3 is 2.47 bits per heavy atom. The van der Waals surface area contributed by atoms with Gasteiger partial charge in [-0.2, -0.15) is 4.31 Å². The van der Waals surface area contributed by atoms with Gasteiger partial charge in [-0.3, -0.25) is 4.79 Å². The van der Waals surface area contributed by atoms with Crippen LogP contribution < -0.4 is 10.1 Å². The van der Waals surface area contributed by atoms with Crippen LogP contribution in [0.25, 0.3) is 0 Å². The van der Waals surface area contributed by atoms with E-state index in [4.69, 9.17) is 4.74 Å². The molecule has 0 aromatic heterocycles. The second-order valence-corrected chi connectivity index (χ2v) is 9.62. The lowest BCUT2D eigenvalue weighted by Gasteiger charge is -2.34. The van der Waals surface area contributed by atoms with Gasteiger partial charge in [-0.05, 0) is 56.0 Å². The lowest BCUT2D eigenvalue weighted by Crippen LogP contribution is -2.46. The van der Waals surface area contributed by atoms with Crippen molar-refractivity contribution >= 4 is 15.9 Å². The Kier molecular flexibility index (Phi) is 7.50. The zero-order valence-electron chi connectivity index (χ0n) is 17.6. The molecule has 30 heavy (non-hydrogen) atoms. The zero-order valence-corrected chi connectivity index (χ0v) is 18.5. The third-order valence-electron chi connectivity index (χ3n) is 5.52. The van der Waals surface area contributed by atoms with Crippen LogP contribution in [0, 0.1) is 6.92 Å². The Hall–Kier alpha value is -2.38. The highest BCUT2D eigenvalue weighted by Gasteiger charge is 2.34. The molecule has 6 nitrogen and oxygen atoms in total. The molecule has 0 spiro atoms. The van der Waals surface area contributed by atoms with Gasteiger partial charge < -0.3 is 10.1 Å². The van der Waals surface area contributed by atoms with Crippen molar-refractivity contribution in [3.8, 4) is 5.75 Å². The van der Waals surface area contributed by atoms with Gasteiger partial charge in [0.25, 0.3) is 0 Å². The van der Waals surface area contributed by atoms with Crippen molar-refractivity contribution in [1.82, 2.24) is 9.62 Å². The molecule has 0 saturated carbocycles. The van der Waals surface area contributed by atoms with E-state index in [0.29, 0.717) is 30.8 Å². The van der Waals surface area contributed by atoms with E-state index in [-0.39, 0.29) is 18.4 Å². The first-order valence-electron chi connectivity index (χ1n) is 10.4. The maximum absolute atomic E-state index is 13.1. The van der Waals surface area contributed by atoms with Crippen molar-refractivity contribution in [2.75, 3.05) is 20.2 Å². The molecule has 0 radical (unpaired) electrons. The molecule has 1 fully saturated rings. The summed E-state index contributed by atoms with van der Waals surface area (Å²) in [6.45, 7) is 2.90. The largest absolute Gasteiger partial charge is 0.497 e. The summed E-state index contributed by atoms with van der Waals surface area (Å²) in [6.07, 6.45) is 3.36. The van der Waals surface area contributed by atoms with Crippen LogP contribution in [0.15, 0.2) is 53.4 Å². The molecule has 1 saturated heterocycles. The summed E-state index contributed by atoms with van der Waals surface area (Å²) < 4.78 is 32.9. The van der Waals surface area contributed by atoms with Gasteiger partial charge in [0.1, 0.15) is 5.75 Å². The van der Waals surface area contributed by atoms with E-state index in [1.165, 1.54) is 4.31 Å². The minimum Gasteiger partial charge on any atom is -0.497 e. The molecule has 0 aliphatic carbocycles. The van der Waals surface area contributed by atoms with Gasteiger partial charge in [-0.1, -0.05) is 36.2 Å². The van der Waals surface area contributed by atoms with Gasteiger partial charge >= 0.3 is 0 Å². The van der Waals surface area contributed by atoms with E-state index in [2.05, 4.69) is 5.32 Å². The Bertz CT molecular complexity index is 940. The predicted molar refractivity (Wildman–Crippen MR) is 117 cm³/mol. The highest BCUT2D eigenvalue weighted by atomic mass is 32.2. The van der Waals surface area contributed by atoms with E-state index in [9.17, 15) is 13.2 Å². The van der Waals surface area contributed by atoms with Gasteiger partial charge in [0.2, 0.25) is 15.9 Å². The standard InChI is InChI=1S/C23H30N2O4S/c1-18-6-12-22(13-7-18)30(27,28)25-16-4-3-5-20(25)17-23(26)24-15-14-19-8-10-21(29-2)11-9-19/h6-13,20H,3-5,14-17H2,1-2H3,(H,24,26). The molecule has 1 aliphatic rings. The Morgan fingerprint density at radius 2 is 1.80 bits per heavy atom. The third kappa shape index (κ3) is 5.61. The molecule has 162 valence electrons. The summed E-state index contributed by atoms with van der Waals surface area (Å²) in [5.41, 5.74) is 2.12. The molecule has 2 aromatic carbocycles. The molecular weight excluding hydrogens is 400 g/mol. The summed E-state index contributed by atoms with van der Waals surface area (Å²) in [4.78, 5) is 12.8. The minimum atomic E-state index is -3.60. The first-order chi connectivity index (χ1) is 14.4. The maximum Gasteiger partial charge on any atom is 0.243 e. The van der Waals surface area contributed by atoms with Crippen molar-refractivity contribution in [1.29, 1.82) is 0 Å². The van der Waals surface area contributed by atoms with E-state index in [1.807, 2.05) is 31.2 Å². The quantitative estimate of drug-likeness (QED) is 0.697. The number of rotatable bonds is 8. The van der Waals surface area contributed by atoms with E-state index < -0.39 is 10.0 Å². The number of sulfonamides is 1. The van der Waals surface area contributed by atoms with Gasteiger partial charge in [0.15, 0.2) is 0 Å². The van der Waals surface area contributed by atoms with Crippen LogP contribution in [0.1, 0.15) is 36.8 Å². The van der Waals surface area contributed by atoms with Crippen molar-refractivity contribution in [2.45, 2.75) is 50.0 Å². The fourth-order valence-corrected chi connectivity index (χ4v) is 5.46. The number of aryl methyl sites for hydroxylation is 1. The Morgan fingerprint density at radius 1 is 1.10 bits per heavy atom. The van der Waals surface area contributed by atoms with Crippen LogP contribution in [0.3, 0.4) is 0 Å². The van der Waals surface area contributed by atoms with Crippen LogP contribution in [0.2, 0.25) is 0 Å². The predicted octanol–water partition coefficient (Wildman–Crippen LogP) is 3.30. The molecule has 1 heterocycles. The molecular formula is C23H30N2O4S. The monoisotopic (exact) mass is 430 g/mol. The summed E-state index contributed by atoms with van der Waals surface area (Å²) in [5, 5.41) is 2.93. The number of ether oxygens (including phenoxy) is 1. The molecule has 7 heteroatoms. The van der Waals surface area contributed by atoms with Crippen molar-refractivity contribution in [2.24, 2.45) is 0 Å². The fourth-order valence-electron chi connectivity index (χ4n) is 3.76. The lowest BCUT2D eigenvalue weighted by atomic mass is 10.0. The number of piperidine rings is 1. The second-order valence-electron chi connectivity index (χ2n) is 7.73. The number of benzene rings is 2. The number of carbonyl (C=O) groups is 1. The molecule has 1 atom stereocenters. The number of nitrogens with one attached hydrogen (secondary N) is 1. The Balaban J connectivity index is 1.57. The van der Waals surface area contributed by atoms with Gasteiger partial charge in [-0.25, -0.2) is 8.42 Å². The topological polar surface area (TPSA) is 75.7 Å². The number of carbonyl (C=O) groups excluding carboxylic acids is 1. The van der Waals surface area contributed by atoms with Gasteiger partial charge in [-0.15, -0.1) is 0 Å². The number of amides is 1. The number of hydrogen-bond acceptors (Lipinski definition) is 4. The number of methoxy groups -OCH3 is 1. The van der Waals surface area contributed by atoms with Gasteiger partial charge in [0.05, 0.1) is 12.0 Å². The SMILES string of the molecule is COc1ccc(CCNC(=O)CC2CCCCN2S(=O)(=O)c2ccc(C)cc2)cc1. The van der Waals surface area contributed by atoms with Crippen LogP contribution in [0.4, 0.5) is 0 Å². The second kappa shape index (κ2) is 10.1. The summed E-state index contributed by atoms with van der Waals surface area (Å²) in [7, 11) is -1.97.